The smallest absolute Gasteiger partial charge is 0.330 e. The van der Waals surface area contributed by atoms with Gasteiger partial charge in [-0.1, -0.05) is 42.0 Å². The van der Waals surface area contributed by atoms with Gasteiger partial charge in [-0.3, -0.25) is 0 Å². The van der Waals surface area contributed by atoms with Gasteiger partial charge in [0.25, 0.3) is 0 Å². The lowest BCUT2D eigenvalue weighted by atomic mass is 10.2. The van der Waals surface area contributed by atoms with Crippen molar-refractivity contribution >= 4 is 28.6 Å². The van der Waals surface area contributed by atoms with E-state index in [0.29, 0.717) is 112 Å². The first-order valence-electron chi connectivity index (χ1n) is 13.9. The summed E-state index contributed by atoms with van der Waals surface area (Å²) < 4.78 is 54.9. The molecule has 0 aromatic heterocycles. The average molecular weight is 679 g/mol. The summed E-state index contributed by atoms with van der Waals surface area (Å²) in [6, 6.07) is 0. The second-order valence-corrected chi connectivity index (χ2v) is 9.06. The highest BCUT2D eigenvalue weighted by atomic mass is 127. The molecule has 232 valence electrons. The molecule has 0 aliphatic heterocycles. The normalized spacial score (nSPS) is 11.2. The number of hydrogen-bond donors (Lipinski definition) is 0. The van der Waals surface area contributed by atoms with Crippen LogP contribution in [-0.4, -0.2) is 136 Å². The molecule has 11 nitrogen and oxygen atoms in total. The van der Waals surface area contributed by atoms with Crippen LogP contribution in [0, 0.1) is 0 Å². The van der Waals surface area contributed by atoms with Crippen molar-refractivity contribution in [2.75, 3.05) is 130 Å². The lowest BCUT2D eigenvalue weighted by Crippen LogP contribution is -2.15. The van der Waals surface area contributed by atoms with E-state index in [0.717, 1.165) is 19.1 Å². The molecule has 0 radical (unpaired) electrons. The van der Waals surface area contributed by atoms with Crippen molar-refractivity contribution in [2.45, 2.75) is 25.7 Å². The van der Waals surface area contributed by atoms with Crippen LogP contribution in [0.3, 0.4) is 0 Å². The minimum atomic E-state index is -0.455. The van der Waals surface area contributed by atoms with Crippen molar-refractivity contribution in [2.24, 2.45) is 0 Å². The molecule has 0 N–H and O–H groups in total. The fourth-order valence-corrected chi connectivity index (χ4v) is 3.31. The highest BCUT2D eigenvalue weighted by molar-refractivity contribution is 14.1. The van der Waals surface area contributed by atoms with E-state index in [1.54, 1.807) is 0 Å². The van der Waals surface area contributed by atoms with E-state index >= 15 is 0 Å². The van der Waals surface area contributed by atoms with Crippen molar-refractivity contribution in [3.8, 4) is 0 Å². The number of hydrogen-bond acceptors (Lipinski definition) is 11. The molecule has 0 rings (SSSR count). The van der Waals surface area contributed by atoms with Crippen LogP contribution >= 0.6 is 22.6 Å². The highest BCUT2D eigenvalue weighted by Crippen LogP contribution is 2.02. The second kappa shape index (κ2) is 35.6. The zero-order valence-electron chi connectivity index (χ0n) is 23.6. The van der Waals surface area contributed by atoms with Gasteiger partial charge in [0.15, 0.2) is 0 Å². The van der Waals surface area contributed by atoms with E-state index in [1.165, 1.54) is 23.7 Å². The molecule has 0 bridgehead atoms. The van der Waals surface area contributed by atoms with Gasteiger partial charge in [-0.15, -0.1) is 0 Å². The third kappa shape index (κ3) is 35.6. The maximum atomic E-state index is 10.8. The van der Waals surface area contributed by atoms with Gasteiger partial charge < -0.3 is 47.4 Å². The largest absolute Gasteiger partial charge is 0.460 e. The molecule has 0 aliphatic rings. The maximum absolute atomic E-state index is 10.8. The molecule has 0 heterocycles. The van der Waals surface area contributed by atoms with Crippen molar-refractivity contribution < 1.29 is 52.2 Å². The molecule has 0 spiro atoms. The zero-order chi connectivity index (χ0) is 28.3. The molecule has 0 atom stereocenters. The summed E-state index contributed by atoms with van der Waals surface area (Å²) in [6.45, 7) is 13.0. The minimum absolute atomic E-state index is 0.204. The zero-order valence-corrected chi connectivity index (χ0v) is 25.8. The molecule has 0 aromatic rings. The molecule has 39 heavy (non-hydrogen) atoms. The van der Waals surface area contributed by atoms with Gasteiger partial charge in [0.1, 0.15) is 6.61 Å². The number of alkyl halides is 1. The number of ether oxygens (including phenoxy) is 10. The van der Waals surface area contributed by atoms with Crippen LogP contribution in [-0.2, 0) is 52.2 Å². The molecule has 0 fully saturated rings. The maximum Gasteiger partial charge on any atom is 0.330 e. The van der Waals surface area contributed by atoms with Crippen LogP contribution in [0.1, 0.15) is 25.7 Å². The molecule has 0 aliphatic carbocycles. The molecule has 0 unspecified atom stereocenters. The Kier molecular flexibility index (Phi) is 35.2. The van der Waals surface area contributed by atoms with Crippen LogP contribution in [0.25, 0.3) is 0 Å². The number of unbranched alkanes of at least 4 members (excludes halogenated alkanes) is 3. The molecular formula is C27H51IO11. The monoisotopic (exact) mass is 678 g/mol. The third-order valence-electron chi connectivity index (χ3n) is 4.79. The number of rotatable bonds is 34. The summed E-state index contributed by atoms with van der Waals surface area (Å²) in [5, 5.41) is 0. The lowest BCUT2D eigenvalue weighted by molar-refractivity contribution is -0.139. The van der Waals surface area contributed by atoms with E-state index < -0.39 is 5.97 Å². The Labute approximate surface area is 248 Å². The van der Waals surface area contributed by atoms with Gasteiger partial charge in [-0.25, -0.2) is 4.79 Å². The second-order valence-electron chi connectivity index (χ2n) is 7.99. The van der Waals surface area contributed by atoms with E-state index in [4.69, 9.17) is 47.4 Å². The Morgan fingerprint density at radius 3 is 1.03 bits per heavy atom. The van der Waals surface area contributed by atoms with Gasteiger partial charge in [-0.2, -0.15) is 0 Å². The fourth-order valence-electron chi connectivity index (χ4n) is 2.77. The summed E-state index contributed by atoms with van der Waals surface area (Å²) in [6.07, 6.45) is 6.09. The first-order chi connectivity index (χ1) is 19.3. The van der Waals surface area contributed by atoms with Gasteiger partial charge in [0.05, 0.1) is 112 Å². The summed E-state index contributed by atoms with van der Waals surface area (Å²) >= 11 is 2.42. The van der Waals surface area contributed by atoms with E-state index in [9.17, 15) is 4.79 Å². The Morgan fingerprint density at radius 2 is 0.718 bits per heavy atom. The molecule has 12 heteroatoms. The van der Waals surface area contributed by atoms with Crippen molar-refractivity contribution in [3.05, 3.63) is 12.7 Å². The van der Waals surface area contributed by atoms with Crippen molar-refractivity contribution in [1.29, 1.82) is 0 Å². The van der Waals surface area contributed by atoms with Gasteiger partial charge in [-0.05, 0) is 17.3 Å². The molecule has 0 saturated carbocycles. The molecule has 0 aromatic carbocycles. The third-order valence-corrected chi connectivity index (χ3v) is 5.55. The van der Waals surface area contributed by atoms with Crippen LogP contribution in [0.5, 0.6) is 0 Å². The van der Waals surface area contributed by atoms with Crippen LogP contribution in [0.2, 0.25) is 0 Å². The number of carbonyl (C=O) groups excluding carboxylic acids is 1. The van der Waals surface area contributed by atoms with Crippen molar-refractivity contribution in [3.63, 3.8) is 0 Å². The van der Waals surface area contributed by atoms with Gasteiger partial charge in [0.2, 0.25) is 0 Å². The number of halogens is 1. The van der Waals surface area contributed by atoms with E-state index in [2.05, 4.69) is 29.2 Å². The minimum Gasteiger partial charge on any atom is -0.460 e. The topological polar surface area (TPSA) is 109 Å². The number of carbonyl (C=O) groups is 1. The highest BCUT2D eigenvalue weighted by Gasteiger charge is 1.97. The molecule has 0 amide bonds. The average Bonchev–Trinajstić information content (AvgIpc) is 2.95. The Hall–Kier alpha value is -0.420. The summed E-state index contributed by atoms with van der Waals surface area (Å²) in [5.41, 5.74) is 0. The predicted octanol–water partition coefficient (Wildman–Crippen LogP) is 2.86. The Morgan fingerprint density at radius 1 is 0.436 bits per heavy atom. The Balaban J connectivity index is 3.04. The summed E-state index contributed by atoms with van der Waals surface area (Å²) in [7, 11) is 0. The van der Waals surface area contributed by atoms with Crippen molar-refractivity contribution in [1.82, 2.24) is 0 Å². The van der Waals surface area contributed by atoms with E-state index in [1.807, 2.05) is 0 Å². The lowest BCUT2D eigenvalue weighted by Gasteiger charge is -2.09. The quantitative estimate of drug-likeness (QED) is 0.0330. The van der Waals surface area contributed by atoms with Crippen LogP contribution in [0.15, 0.2) is 12.7 Å². The van der Waals surface area contributed by atoms with Crippen LogP contribution in [0.4, 0.5) is 0 Å². The first kappa shape index (κ1) is 38.6. The first-order valence-corrected chi connectivity index (χ1v) is 15.4. The molecule has 0 saturated heterocycles. The van der Waals surface area contributed by atoms with E-state index in [-0.39, 0.29) is 6.61 Å². The SMILES string of the molecule is C=CC(=O)OCCOCCOCCOCCOCCOCCOCCOCCOCCOCCCCCCI. The fraction of sp³-hybridized carbons (Fsp3) is 0.889. The van der Waals surface area contributed by atoms with Gasteiger partial charge in [0, 0.05) is 12.7 Å². The predicted molar refractivity (Wildman–Crippen MR) is 156 cm³/mol. The summed E-state index contributed by atoms with van der Waals surface area (Å²) in [5.74, 6) is -0.455. The number of esters is 1. The van der Waals surface area contributed by atoms with Crippen LogP contribution < -0.4 is 0 Å². The van der Waals surface area contributed by atoms with Gasteiger partial charge >= 0.3 is 5.97 Å². The molecular weight excluding hydrogens is 627 g/mol. The Bertz CT molecular complexity index is 500. The standard InChI is InChI=1S/C27H51IO11/c1-2-27(29)39-26-25-38-24-23-37-22-21-36-20-19-35-18-17-34-16-15-33-14-13-32-12-11-31-10-9-30-8-6-4-3-5-7-28/h2H,1,3-26H2. The summed E-state index contributed by atoms with van der Waals surface area (Å²) in [4.78, 5) is 10.8.